The molecule has 1 N–H and O–H groups in total. The summed E-state index contributed by atoms with van der Waals surface area (Å²) in [5.41, 5.74) is 2.41. The molecular formula is C30H41FN4O3. The number of hydrogen-bond acceptors (Lipinski definition) is 3. The number of nitrogens with zero attached hydrogens (tertiary/aromatic N) is 4. The van der Waals surface area contributed by atoms with Crippen LogP contribution in [0.3, 0.4) is 0 Å². The molecule has 2 aromatic carbocycles. The van der Waals surface area contributed by atoms with Crippen LogP contribution in [0.25, 0.3) is 0 Å². The van der Waals surface area contributed by atoms with Gasteiger partial charge in [0.05, 0.1) is 5.54 Å². The van der Waals surface area contributed by atoms with Gasteiger partial charge in [-0.1, -0.05) is 45.0 Å². The van der Waals surface area contributed by atoms with Crippen molar-refractivity contribution in [1.29, 1.82) is 0 Å². The minimum atomic E-state index is -0.862. The van der Waals surface area contributed by atoms with Gasteiger partial charge in [0.1, 0.15) is 5.82 Å². The van der Waals surface area contributed by atoms with Crippen LogP contribution < -0.4 is 4.90 Å². The van der Waals surface area contributed by atoms with Crippen LogP contribution in [-0.2, 0) is 6.54 Å². The van der Waals surface area contributed by atoms with E-state index in [0.29, 0.717) is 38.6 Å². The standard InChI is InChI=1S/C30H41FN4O3/c1-29(2,3)30(4)21-33(18-19-35(30)28(37)38)20-22-6-12-26(13-7-22)32(5)27(36)34-16-14-24(15-17-34)23-8-10-25(31)11-9-23/h6-13,24H,14-21H2,1-5H3,(H,37,38)/t30-/m1/s1. The number of piperazine rings is 1. The number of carbonyl (C=O) groups is 2. The molecule has 0 radical (unpaired) electrons. The molecule has 2 heterocycles. The lowest BCUT2D eigenvalue weighted by Gasteiger charge is -2.54. The Balaban J connectivity index is 1.34. The van der Waals surface area contributed by atoms with Gasteiger partial charge in [-0.3, -0.25) is 14.7 Å². The predicted molar refractivity (Wildman–Crippen MR) is 148 cm³/mol. The van der Waals surface area contributed by atoms with E-state index in [2.05, 4.69) is 37.8 Å². The molecule has 38 heavy (non-hydrogen) atoms. The van der Waals surface area contributed by atoms with E-state index in [-0.39, 0.29) is 17.3 Å². The summed E-state index contributed by atoms with van der Waals surface area (Å²) in [5, 5.41) is 9.77. The Morgan fingerprint density at radius 3 is 2.16 bits per heavy atom. The monoisotopic (exact) mass is 524 g/mol. The molecule has 2 fully saturated rings. The molecule has 1 atom stereocenters. The first kappa shape index (κ1) is 27.9. The van der Waals surface area contributed by atoms with Crippen molar-refractivity contribution in [3.63, 3.8) is 0 Å². The summed E-state index contributed by atoms with van der Waals surface area (Å²) in [6.07, 6.45) is 0.873. The van der Waals surface area contributed by atoms with Crippen molar-refractivity contribution in [2.24, 2.45) is 5.41 Å². The maximum atomic E-state index is 13.2. The number of rotatable bonds is 4. The van der Waals surface area contributed by atoms with Crippen molar-refractivity contribution in [3.8, 4) is 0 Å². The molecule has 2 aromatic rings. The minimum absolute atomic E-state index is 0.0129. The number of piperidine rings is 1. The van der Waals surface area contributed by atoms with E-state index in [0.717, 1.165) is 36.2 Å². The molecule has 3 amide bonds. The predicted octanol–water partition coefficient (Wildman–Crippen LogP) is 5.86. The lowest BCUT2D eigenvalue weighted by Crippen LogP contribution is -2.67. The van der Waals surface area contributed by atoms with Crippen LogP contribution in [0.5, 0.6) is 0 Å². The topological polar surface area (TPSA) is 67.3 Å². The molecule has 0 unspecified atom stereocenters. The van der Waals surface area contributed by atoms with Gasteiger partial charge in [0.15, 0.2) is 0 Å². The highest BCUT2D eigenvalue weighted by molar-refractivity contribution is 5.91. The first-order valence-corrected chi connectivity index (χ1v) is 13.5. The average Bonchev–Trinajstić information content (AvgIpc) is 2.88. The van der Waals surface area contributed by atoms with Gasteiger partial charge in [0, 0.05) is 52.0 Å². The Hall–Kier alpha value is -3.13. The van der Waals surface area contributed by atoms with Crippen molar-refractivity contribution >= 4 is 17.8 Å². The van der Waals surface area contributed by atoms with Gasteiger partial charge in [-0.15, -0.1) is 0 Å². The summed E-state index contributed by atoms with van der Waals surface area (Å²) < 4.78 is 13.2. The number of hydrogen-bond donors (Lipinski definition) is 1. The molecule has 206 valence electrons. The molecule has 4 rings (SSSR count). The fourth-order valence-corrected chi connectivity index (χ4v) is 5.72. The number of carbonyl (C=O) groups excluding carboxylic acids is 1. The van der Waals surface area contributed by atoms with Gasteiger partial charge in [0.25, 0.3) is 0 Å². The lowest BCUT2D eigenvalue weighted by atomic mass is 9.72. The second-order valence-corrected chi connectivity index (χ2v) is 12.0. The Morgan fingerprint density at radius 1 is 1.00 bits per heavy atom. The van der Waals surface area contributed by atoms with Crippen LogP contribution >= 0.6 is 0 Å². The third kappa shape index (κ3) is 5.80. The summed E-state index contributed by atoms with van der Waals surface area (Å²) in [7, 11) is 1.81. The Labute approximate surface area is 225 Å². The third-order valence-corrected chi connectivity index (χ3v) is 8.74. The average molecular weight is 525 g/mol. The van der Waals surface area contributed by atoms with Gasteiger partial charge in [0.2, 0.25) is 0 Å². The van der Waals surface area contributed by atoms with Crippen molar-refractivity contribution < 1.29 is 19.1 Å². The molecule has 0 aromatic heterocycles. The van der Waals surface area contributed by atoms with Gasteiger partial charge in [-0.05, 0) is 66.5 Å². The van der Waals surface area contributed by atoms with Crippen LogP contribution in [0, 0.1) is 11.2 Å². The number of amides is 3. The van der Waals surface area contributed by atoms with Gasteiger partial charge in [-0.25, -0.2) is 14.0 Å². The molecule has 0 spiro atoms. The maximum Gasteiger partial charge on any atom is 0.407 e. The van der Waals surface area contributed by atoms with Crippen LogP contribution in [0.2, 0.25) is 0 Å². The van der Waals surface area contributed by atoms with Crippen LogP contribution in [0.15, 0.2) is 48.5 Å². The normalized spacial score (nSPS) is 21.4. The van der Waals surface area contributed by atoms with E-state index < -0.39 is 11.6 Å². The largest absolute Gasteiger partial charge is 0.465 e. The second kappa shape index (κ2) is 10.9. The van der Waals surface area contributed by atoms with Gasteiger partial charge >= 0.3 is 12.1 Å². The van der Waals surface area contributed by atoms with E-state index in [9.17, 15) is 19.1 Å². The van der Waals surface area contributed by atoms with Crippen LogP contribution in [-0.4, -0.2) is 77.2 Å². The first-order chi connectivity index (χ1) is 17.9. The van der Waals surface area contributed by atoms with Crippen molar-refractivity contribution in [3.05, 3.63) is 65.5 Å². The maximum absolute atomic E-state index is 13.2. The number of carboxylic acid groups (broad SMARTS) is 1. The molecule has 0 bridgehead atoms. The van der Waals surface area contributed by atoms with Gasteiger partial charge in [-0.2, -0.15) is 0 Å². The van der Waals surface area contributed by atoms with Crippen molar-refractivity contribution in [1.82, 2.24) is 14.7 Å². The number of urea groups is 1. The highest BCUT2D eigenvalue weighted by Gasteiger charge is 2.48. The molecular weight excluding hydrogens is 483 g/mol. The quantitative estimate of drug-likeness (QED) is 0.544. The van der Waals surface area contributed by atoms with E-state index >= 15 is 0 Å². The zero-order valence-electron chi connectivity index (χ0n) is 23.3. The third-order valence-electron chi connectivity index (χ3n) is 8.74. The second-order valence-electron chi connectivity index (χ2n) is 12.0. The first-order valence-electron chi connectivity index (χ1n) is 13.5. The Bertz CT molecular complexity index is 1120. The molecule has 0 aliphatic carbocycles. The molecule has 0 saturated carbocycles. The van der Waals surface area contributed by atoms with Crippen molar-refractivity contribution in [2.75, 3.05) is 44.7 Å². The van der Waals surface area contributed by atoms with Crippen LogP contribution in [0.1, 0.15) is 57.6 Å². The van der Waals surface area contributed by atoms with E-state index in [4.69, 9.17) is 0 Å². The Kier molecular flexibility index (Phi) is 8.02. The summed E-state index contributed by atoms with van der Waals surface area (Å²) in [6.45, 7) is 12.3. The minimum Gasteiger partial charge on any atom is -0.465 e. The number of anilines is 1. The summed E-state index contributed by atoms with van der Waals surface area (Å²) in [6, 6.07) is 14.8. The number of benzene rings is 2. The lowest BCUT2D eigenvalue weighted by molar-refractivity contribution is -0.0462. The van der Waals surface area contributed by atoms with Gasteiger partial charge < -0.3 is 10.0 Å². The molecule has 7 nitrogen and oxygen atoms in total. The highest BCUT2D eigenvalue weighted by Crippen LogP contribution is 2.39. The molecule has 2 aliphatic rings. The Morgan fingerprint density at radius 2 is 1.61 bits per heavy atom. The summed E-state index contributed by atoms with van der Waals surface area (Å²) in [5.74, 6) is 0.125. The molecule has 2 aliphatic heterocycles. The van der Waals surface area contributed by atoms with E-state index in [1.54, 1.807) is 9.80 Å². The molecule has 2 saturated heterocycles. The summed E-state index contributed by atoms with van der Waals surface area (Å²) in [4.78, 5) is 32.6. The van der Waals surface area contributed by atoms with E-state index in [1.807, 2.05) is 43.1 Å². The van der Waals surface area contributed by atoms with Crippen LogP contribution in [0.4, 0.5) is 19.7 Å². The zero-order chi connectivity index (χ0) is 27.7. The fraction of sp³-hybridized carbons (Fsp3) is 0.533. The highest BCUT2D eigenvalue weighted by atomic mass is 19.1. The number of halogens is 1. The van der Waals surface area contributed by atoms with E-state index in [1.165, 1.54) is 12.1 Å². The fourth-order valence-electron chi connectivity index (χ4n) is 5.72. The smallest absolute Gasteiger partial charge is 0.407 e. The summed E-state index contributed by atoms with van der Waals surface area (Å²) >= 11 is 0. The SMILES string of the molecule is CN(C(=O)N1CCC(c2ccc(F)cc2)CC1)c1ccc(CN2CCN(C(=O)O)[C@@](C)(C(C)(C)C)C2)cc1. The number of likely N-dealkylation sites (tertiary alicyclic amines) is 1. The zero-order valence-corrected chi connectivity index (χ0v) is 23.3. The molecule has 8 heteroatoms. The van der Waals surface area contributed by atoms with Crippen molar-refractivity contribution in [2.45, 2.75) is 58.5 Å².